The van der Waals surface area contributed by atoms with E-state index in [9.17, 15) is 0 Å². The molecule has 1 radical (unpaired) electrons. The van der Waals surface area contributed by atoms with E-state index < -0.39 is 0 Å². The lowest BCUT2D eigenvalue weighted by molar-refractivity contribution is 0.176. The van der Waals surface area contributed by atoms with Crippen molar-refractivity contribution in [1.82, 2.24) is 0 Å². The zero-order chi connectivity index (χ0) is 9.52. The minimum atomic E-state index is 0.439. The first-order valence-corrected chi connectivity index (χ1v) is 4.07. The van der Waals surface area contributed by atoms with Gasteiger partial charge in [-0.25, -0.2) is 0 Å². The lowest BCUT2D eigenvalue weighted by Gasteiger charge is -1.94. The van der Waals surface area contributed by atoms with Crippen LogP contribution in [0.4, 0.5) is 0 Å². The van der Waals surface area contributed by atoms with E-state index in [0.29, 0.717) is 6.61 Å². The Labute approximate surface area is 78.5 Å². The predicted octanol–water partition coefficient (Wildman–Crippen LogP) is 2.33. The van der Waals surface area contributed by atoms with Crippen molar-refractivity contribution < 1.29 is 4.84 Å². The van der Waals surface area contributed by atoms with E-state index in [-0.39, 0.29) is 0 Å². The summed E-state index contributed by atoms with van der Waals surface area (Å²) < 4.78 is 0. The number of hydrogen-bond acceptors (Lipinski definition) is 2. The molecule has 0 fully saturated rings. The van der Waals surface area contributed by atoms with E-state index in [4.69, 9.17) is 4.84 Å². The monoisotopic (exact) mass is 174 g/mol. The van der Waals surface area contributed by atoms with Crippen molar-refractivity contribution in [3.8, 4) is 0 Å². The van der Waals surface area contributed by atoms with Crippen LogP contribution in [0.25, 0.3) is 0 Å². The van der Waals surface area contributed by atoms with Gasteiger partial charge in [0.05, 0.1) is 6.21 Å². The van der Waals surface area contributed by atoms with Gasteiger partial charge in [-0.05, 0) is 30.2 Å². The van der Waals surface area contributed by atoms with Gasteiger partial charge in [-0.15, -0.1) is 0 Å². The normalized spacial score (nSPS) is 10.2. The van der Waals surface area contributed by atoms with Crippen molar-refractivity contribution in [3.63, 3.8) is 0 Å². The average molecular weight is 174 g/mol. The quantitative estimate of drug-likeness (QED) is 0.297. The van der Waals surface area contributed by atoms with Gasteiger partial charge < -0.3 is 4.84 Å². The molecule has 2 heteroatoms. The number of benzene rings is 1. The molecule has 0 aliphatic rings. The third-order valence-electron chi connectivity index (χ3n) is 1.44. The van der Waals surface area contributed by atoms with Crippen LogP contribution < -0.4 is 0 Å². The molecule has 0 spiro atoms. The summed E-state index contributed by atoms with van der Waals surface area (Å²) in [6.45, 7) is 5.94. The molecule has 0 aromatic heterocycles. The van der Waals surface area contributed by atoms with Gasteiger partial charge in [0.15, 0.2) is 0 Å². The van der Waals surface area contributed by atoms with E-state index in [1.165, 1.54) is 0 Å². The topological polar surface area (TPSA) is 21.6 Å². The Morgan fingerprint density at radius 2 is 2.54 bits per heavy atom. The second-order valence-electron chi connectivity index (χ2n) is 2.62. The molecule has 2 nitrogen and oxygen atoms in total. The molecule has 0 atom stereocenters. The molecule has 0 aliphatic heterocycles. The molecule has 0 amide bonds. The van der Waals surface area contributed by atoms with Gasteiger partial charge in [0.1, 0.15) is 6.61 Å². The zero-order valence-corrected chi connectivity index (χ0v) is 7.66. The van der Waals surface area contributed by atoms with Crippen molar-refractivity contribution in [2.24, 2.45) is 5.16 Å². The first kappa shape index (κ1) is 9.52. The molecule has 1 aromatic rings. The van der Waals surface area contributed by atoms with Crippen LogP contribution in [-0.4, -0.2) is 12.8 Å². The molecule has 0 saturated heterocycles. The van der Waals surface area contributed by atoms with E-state index in [0.717, 1.165) is 11.1 Å². The Morgan fingerprint density at radius 1 is 1.69 bits per heavy atom. The molecule has 0 N–H and O–H groups in total. The second kappa shape index (κ2) is 5.14. The zero-order valence-electron chi connectivity index (χ0n) is 7.66. The lowest BCUT2D eigenvalue weighted by Crippen LogP contribution is -1.85. The van der Waals surface area contributed by atoms with Crippen LogP contribution in [0.5, 0.6) is 0 Å². The van der Waals surface area contributed by atoms with Crippen LogP contribution in [0.1, 0.15) is 11.1 Å². The first-order chi connectivity index (χ1) is 6.33. The van der Waals surface area contributed by atoms with E-state index in [2.05, 4.69) is 17.8 Å². The summed E-state index contributed by atoms with van der Waals surface area (Å²) in [6.07, 6.45) is 3.33. The summed E-state index contributed by atoms with van der Waals surface area (Å²) in [4.78, 5) is 4.87. The fraction of sp³-hybridized carbons (Fsp3) is 0.182. The summed E-state index contributed by atoms with van der Waals surface area (Å²) in [5.41, 5.74) is 2.10. The largest absolute Gasteiger partial charge is 0.392 e. The van der Waals surface area contributed by atoms with Crippen LogP contribution in [0.15, 0.2) is 36.0 Å². The molecular weight excluding hydrogens is 162 g/mol. The highest BCUT2D eigenvalue weighted by molar-refractivity contribution is 5.79. The van der Waals surface area contributed by atoms with Crippen molar-refractivity contribution in [2.75, 3.05) is 6.61 Å². The Kier molecular flexibility index (Phi) is 3.76. The summed E-state index contributed by atoms with van der Waals surface area (Å²) in [6, 6.07) is 8.83. The van der Waals surface area contributed by atoms with Gasteiger partial charge in [0.2, 0.25) is 0 Å². The van der Waals surface area contributed by atoms with Gasteiger partial charge in [-0.2, -0.15) is 0 Å². The summed E-state index contributed by atoms with van der Waals surface area (Å²) in [5.74, 6) is 0. The minimum absolute atomic E-state index is 0.439. The van der Waals surface area contributed by atoms with Crippen molar-refractivity contribution in [1.29, 1.82) is 0 Å². The molecule has 0 heterocycles. The van der Waals surface area contributed by atoms with Crippen LogP contribution >= 0.6 is 0 Å². The van der Waals surface area contributed by atoms with Gasteiger partial charge in [-0.3, -0.25) is 0 Å². The molecule has 0 bridgehead atoms. The van der Waals surface area contributed by atoms with Gasteiger partial charge in [0, 0.05) is 0 Å². The van der Waals surface area contributed by atoms with Crippen molar-refractivity contribution >= 4 is 6.21 Å². The SMILES string of the molecule is C=CCON=Cc1cc[c]c(C)c1. The molecular formula is C11H12NO. The van der Waals surface area contributed by atoms with Crippen molar-refractivity contribution in [2.45, 2.75) is 6.92 Å². The third-order valence-corrected chi connectivity index (χ3v) is 1.44. The van der Waals surface area contributed by atoms with E-state index in [1.807, 2.05) is 25.1 Å². The number of nitrogens with zero attached hydrogens (tertiary/aromatic N) is 1. The highest BCUT2D eigenvalue weighted by Crippen LogP contribution is 2.00. The van der Waals surface area contributed by atoms with E-state index in [1.54, 1.807) is 12.3 Å². The lowest BCUT2D eigenvalue weighted by atomic mass is 10.2. The molecule has 0 saturated carbocycles. The average Bonchev–Trinajstić information content (AvgIpc) is 2.13. The summed E-state index contributed by atoms with van der Waals surface area (Å²) >= 11 is 0. The number of oxime groups is 1. The van der Waals surface area contributed by atoms with Gasteiger partial charge in [0.25, 0.3) is 0 Å². The third kappa shape index (κ3) is 3.56. The van der Waals surface area contributed by atoms with Gasteiger partial charge in [-0.1, -0.05) is 29.9 Å². The molecule has 0 unspecified atom stereocenters. The summed E-state index contributed by atoms with van der Waals surface area (Å²) in [7, 11) is 0. The number of aryl methyl sites for hydroxylation is 1. The van der Waals surface area contributed by atoms with Crippen molar-refractivity contribution in [3.05, 3.63) is 48.0 Å². The number of hydrogen-bond donors (Lipinski definition) is 0. The molecule has 1 aromatic carbocycles. The maximum Gasteiger partial charge on any atom is 0.135 e. The Morgan fingerprint density at radius 3 is 3.23 bits per heavy atom. The highest BCUT2D eigenvalue weighted by atomic mass is 16.6. The standard InChI is InChI=1S/C11H12NO/c1-3-7-13-12-9-11-6-4-5-10(2)8-11/h3-4,6,8-9H,1,7H2,2H3. The fourth-order valence-electron chi connectivity index (χ4n) is 0.883. The maximum atomic E-state index is 4.87. The van der Waals surface area contributed by atoms with Crippen LogP contribution in [-0.2, 0) is 4.84 Å². The maximum absolute atomic E-state index is 4.87. The number of rotatable bonds is 4. The van der Waals surface area contributed by atoms with Crippen LogP contribution in [0.3, 0.4) is 0 Å². The molecule has 1 rings (SSSR count). The summed E-state index contributed by atoms with van der Waals surface area (Å²) in [5, 5.41) is 3.76. The van der Waals surface area contributed by atoms with Gasteiger partial charge >= 0.3 is 0 Å². The van der Waals surface area contributed by atoms with Crippen LogP contribution in [0.2, 0.25) is 0 Å². The minimum Gasteiger partial charge on any atom is -0.392 e. The first-order valence-electron chi connectivity index (χ1n) is 4.07. The Balaban J connectivity index is 2.53. The second-order valence-corrected chi connectivity index (χ2v) is 2.62. The van der Waals surface area contributed by atoms with E-state index >= 15 is 0 Å². The molecule has 67 valence electrons. The highest BCUT2D eigenvalue weighted by Gasteiger charge is 1.87. The van der Waals surface area contributed by atoms with Crippen LogP contribution in [0, 0.1) is 13.0 Å². The molecule has 0 aliphatic carbocycles. The fourth-order valence-corrected chi connectivity index (χ4v) is 0.883. The predicted molar refractivity (Wildman–Crippen MR) is 53.8 cm³/mol. The molecule has 13 heavy (non-hydrogen) atoms. The smallest absolute Gasteiger partial charge is 0.135 e. The Hall–Kier alpha value is -1.57. The Bertz CT molecular complexity index is 305.